The number of nitrogen functional groups attached to an aromatic ring is 1. The van der Waals surface area contributed by atoms with Gasteiger partial charge in [0.1, 0.15) is 5.82 Å². The molecule has 0 aliphatic carbocycles. The molecule has 1 fully saturated rings. The molecule has 1 unspecified atom stereocenters. The Morgan fingerprint density at radius 3 is 3.05 bits per heavy atom. The van der Waals surface area contributed by atoms with Crippen LogP contribution in [0.2, 0.25) is 0 Å². The standard InChI is InChI=1S/C16H24FN3O/c1-12-5-3-2-4-9-20(12)10-8-16(21)19-15-11-13(18)6-7-14(15)17/h6-7,11-12H,2-5,8-10,18H2,1H3,(H,19,21). The number of carbonyl (C=O) groups excluding carboxylic acids is 1. The van der Waals surface area contributed by atoms with Crippen LogP contribution < -0.4 is 11.1 Å². The highest BCUT2D eigenvalue weighted by atomic mass is 19.1. The summed E-state index contributed by atoms with van der Waals surface area (Å²) in [5, 5.41) is 2.60. The third kappa shape index (κ3) is 4.70. The quantitative estimate of drug-likeness (QED) is 0.839. The third-order valence-electron chi connectivity index (χ3n) is 4.08. The van der Waals surface area contributed by atoms with Crippen LogP contribution in [0.25, 0.3) is 0 Å². The number of hydrogen-bond donors (Lipinski definition) is 2. The van der Waals surface area contributed by atoms with Gasteiger partial charge in [-0.05, 0) is 44.5 Å². The predicted molar refractivity (Wildman–Crippen MR) is 83.6 cm³/mol. The monoisotopic (exact) mass is 293 g/mol. The van der Waals surface area contributed by atoms with Crippen LogP contribution in [0.1, 0.15) is 39.0 Å². The third-order valence-corrected chi connectivity index (χ3v) is 4.08. The van der Waals surface area contributed by atoms with Crippen LogP contribution in [0, 0.1) is 5.82 Å². The van der Waals surface area contributed by atoms with Gasteiger partial charge in [0.15, 0.2) is 0 Å². The second kappa shape index (κ2) is 7.41. The first-order chi connectivity index (χ1) is 10.1. The number of nitrogens with zero attached hydrogens (tertiary/aromatic N) is 1. The zero-order valence-corrected chi connectivity index (χ0v) is 12.6. The molecule has 1 aromatic carbocycles. The number of halogens is 1. The number of carbonyl (C=O) groups is 1. The van der Waals surface area contributed by atoms with Crippen molar-refractivity contribution in [3.05, 3.63) is 24.0 Å². The second-order valence-corrected chi connectivity index (χ2v) is 5.77. The van der Waals surface area contributed by atoms with Gasteiger partial charge in [-0.15, -0.1) is 0 Å². The Morgan fingerprint density at radius 1 is 1.43 bits per heavy atom. The normalized spacial score (nSPS) is 20.0. The van der Waals surface area contributed by atoms with Gasteiger partial charge in [-0.25, -0.2) is 4.39 Å². The van der Waals surface area contributed by atoms with E-state index in [0.29, 0.717) is 18.2 Å². The summed E-state index contributed by atoms with van der Waals surface area (Å²) in [5.41, 5.74) is 6.20. The zero-order chi connectivity index (χ0) is 15.2. The van der Waals surface area contributed by atoms with Gasteiger partial charge in [-0.1, -0.05) is 12.8 Å². The number of amides is 1. The molecule has 0 aromatic heterocycles. The van der Waals surface area contributed by atoms with E-state index in [1.807, 2.05) is 0 Å². The molecule has 0 spiro atoms. The van der Waals surface area contributed by atoms with Crippen molar-refractivity contribution >= 4 is 17.3 Å². The van der Waals surface area contributed by atoms with Crippen LogP contribution in [0.3, 0.4) is 0 Å². The van der Waals surface area contributed by atoms with Crippen LogP contribution >= 0.6 is 0 Å². The van der Waals surface area contributed by atoms with Crippen molar-refractivity contribution in [3.63, 3.8) is 0 Å². The summed E-state index contributed by atoms with van der Waals surface area (Å²) in [6, 6.07) is 4.71. The molecule has 1 atom stereocenters. The summed E-state index contributed by atoms with van der Waals surface area (Å²) in [6.45, 7) is 3.97. The first-order valence-electron chi connectivity index (χ1n) is 7.65. The summed E-state index contributed by atoms with van der Waals surface area (Å²) in [4.78, 5) is 14.3. The summed E-state index contributed by atoms with van der Waals surface area (Å²) < 4.78 is 13.6. The number of anilines is 2. The SMILES string of the molecule is CC1CCCCCN1CCC(=O)Nc1cc(N)ccc1F. The van der Waals surface area contributed by atoms with Gasteiger partial charge >= 0.3 is 0 Å². The molecule has 3 N–H and O–H groups in total. The molecule has 1 amide bonds. The Bertz CT molecular complexity index is 492. The van der Waals surface area contributed by atoms with Crippen molar-refractivity contribution in [2.75, 3.05) is 24.1 Å². The van der Waals surface area contributed by atoms with E-state index in [2.05, 4.69) is 17.1 Å². The fraction of sp³-hybridized carbons (Fsp3) is 0.562. The fourth-order valence-electron chi connectivity index (χ4n) is 2.76. The molecule has 2 rings (SSSR count). The minimum atomic E-state index is -0.458. The van der Waals surface area contributed by atoms with Gasteiger partial charge < -0.3 is 16.0 Å². The van der Waals surface area contributed by atoms with Crippen LogP contribution in [-0.4, -0.2) is 29.9 Å². The number of nitrogens with two attached hydrogens (primary N) is 1. The lowest BCUT2D eigenvalue weighted by Gasteiger charge is -2.26. The van der Waals surface area contributed by atoms with Gasteiger partial charge in [0.25, 0.3) is 0 Å². The highest BCUT2D eigenvalue weighted by Crippen LogP contribution is 2.19. The molecule has 0 bridgehead atoms. The molecule has 116 valence electrons. The van der Waals surface area contributed by atoms with Crippen LogP contribution in [0.4, 0.5) is 15.8 Å². The number of nitrogens with one attached hydrogen (secondary N) is 1. The summed E-state index contributed by atoms with van der Waals surface area (Å²) in [6.07, 6.45) is 5.28. The lowest BCUT2D eigenvalue weighted by Crippen LogP contribution is -2.35. The largest absolute Gasteiger partial charge is 0.399 e. The average molecular weight is 293 g/mol. The van der Waals surface area contributed by atoms with Crippen LogP contribution in [0.5, 0.6) is 0 Å². The molecule has 4 nitrogen and oxygen atoms in total. The smallest absolute Gasteiger partial charge is 0.225 e. The molecular weight excluding hydrogens is 269 g/mol. The molecular formula is C16H24FN3O. The fourth-order valence-corrected chi connectivity index (χ4v) is 2.76. The first kappa shape index (κ1) is 15.8. The highest BCUT2D eigenvalue weighted by Gasteiger charge is 2.17. The summed E-state index contributed by atoms with van der Waals surface area (Å²) in [5.74, 6) is -0.628. The van der Waals surface area contributed by atoms with Gasteiger partial charge in [0.2, 0.25) is 5.91 Å². The summed E-state index contributed by atoms with van der Waals surface area (Å²) >= 11 is 0. The number of rotatable bonds is 4. The van der Waals surface area contributed by atoms with Crippen molar-refractivity contribution in [3.8, 4) is 0 Å². The second-order valence-electron chi connectivity index (χ2n) is 5.77. The Labute approximate surface area is 125 Å². The van der Waals surface area contributed by atoms with Crippen molar-refractivity contribution in [1.82, 2.24) is 4.90 Å². The van der Waals surface area contributed by atoms with E-state index in [4.69, 9.17) is 5.73 Å². The van der Waals surface area contributed by atoms with E-state index in [1.54, 1.807) is 0 Å². The van der Waals surface area contributed by atoms with E-state index in [0.717, 1.165) is 13.1 Å². The number of benzene rings is 1. The van der Waals surface area contributed by atoms with Crippen LogP contribution in [-0.2, 0) is 4.79 Å². The Kier molecular flexibility index (Phi) is 5.56. The van der Waals surface area contributed by atoms with Gasteiger partial charge in [0.05, 0.1) is 5.69 Å². The highest BCUT2D eigenvalue weighted by molar-refractivity contribution is 5.91. The van der Waals surface area contributed by atoms with Gasteiger partial charge in [-0.3, -0.25) is 4.79 Å². The lowest BCUT2D eigenvalue weighted by molar-refractivity contribution is -0.116. The molecule has 1 aliphatic heterocycles. The van der Waals surface area contributed by atoms with E-state index in [9.17, 15) is 9.18 Å². The Hall–Kier alpha value is -1.62. The number of hydrogen-bond acceptors (Lipinski definition) is 3. The molecule has 5 heteroatoms. The molecule has 1 saturated heterocycles. The van der Waals surface area contributed by atoms with Crippen molar-refractivity contribution in [1.29, 1.82) is 0 Å². The molecule has 0 radical (unpaired) electrons. The van der Waals surface area contributed by atoms with Gasteiger partial charge in [-0.2, -0.15) is 0 Å². The van der Waals surface area contributed by atoms with E-state index < -0.39 is 5.82 Å². The maximum absolute atomic E-state index is 13.6. The van der Waals surface area contributed by atoms with E-state index in [-0.39, 0.29) is 11.6 Å². The Balaban J connectivity index is 1.85. The maximum atomic E-state index is 13.6. The lowest BCUT2D eigenvalue weighted by atomic mass is 10.1. The average Bonchev–Trinajstić information content (AvgIpc) is 2.65. The molecule has 1 aromatic rings. The predicted octanol–water partition coefficient (Wildman–Crippen LogP) is 3.00. The molecule has 1 heterocycles. The minimum Gasteiger partial charge on any atom is -0.399 e. The van der Waals surface area contributed by atoms with Crippen molar-refractivity contribution < 1.29 is 9.18 Å². The first-order valence-corrected chi connectivity index (χ1v) is 7.65. The topological polar surface area (TPSA) is 58.4 Å². The molecule has 21 heavy (non-hydrogen) atoms. The van der Waals surface area contributed by atoms with Crippen LogP contribution in [0.15, 0.2) is 18.2 Å². The van der Waals surface area contributed by atoms with E-state index >= 15 is 0 Å². The maximum Gasteiger partial charge on any atom is 0.225 e. The van der Waals surface area contributed by atoms with Gasteiger partial charge in [0, 0.05) is 24.7 Å². The molecule has 0 saturated carbocycles. The summed E-state index contributed by atoms with van der Waals surface area (Å²) in [7, 11) is 0. The number of likely N-dealkylation sites (tertiary alicyclic amines) is 1. The van der Waals surface area contributed by atoms with Crippen molar-refractivity contribution in [2.45, 2.75) is 45.1 Å². The Morgan fingerprint density at radius 2 is 2.24 bits per heavy atom. The van der Waals surface area contributed by atoms with E-state index in [1.165, 1.54) is 43.9 Å². The zero-order valence-electron chi connectivity index (χ0n) is 12.6. The minimum absolute atomic E-state index is 0.156. The van der Waals surface area contributed by atoms with Crippen molar-refractivity contribution in [2.24, 2.45) is 0 Å². The molecule has 1 aliphatic rings.